The maximum absolute atomic E-state index is 11.6. The normalized spacial score (nSPS) is 14.9. The SMILES string of the molecule is C=S(=O)(O)c1cc(C)c(O)c2ncccc12. The lowest BCUT2D eigenvalue weighted by Crippen LogP contribution is -2.00. The van der Waals surface area contributed by atoms with E-state index >= 15 is 0 Å². The number of fused-ring (bicyclic) bond motifs is 1. The van der Waals surface area contributed by atoms with Crippen molar-refractivity contribution in [2.45, 2.75) is 11.8 Å². The lowest BCUT2D eigenvalue weighted by molar-refractivity contribution is 0.475. The van der Waals surface area contributed by atoms with Gasteiger partial charge in [-0.3, -0.25) is 4.98 Å². The van der Waals surface area contributed by atoms with E-state index in [1.54, 1.807) is 19.1 Å². The van der Waals surface area contributed by atoms with Gasteiger partial charge in [0.2, 0.25) is 0 Å². The Morgan fingerprint density at radius 2 is 2.19 bits per heavy atom. The van der Waals surface area contributed by atoms with Gasteiger partial charge >= 0.3 is 0 Å². The van der Waals surface area contributed by atoms with Crippen molar-refractivity contribution in [1.29, 1.82) is 0 Å². The number of rotatable bonds is 1. The second-order valence-electron chi connectivity index (χ2n) is 3.58. The van der Waals surface area contributed by atoms with Crippen LogP contribution in [0.1, 0.15) is 5.56 Å². The molecule has 1 atom stereocenters. The molecule has 0 fully saturated rings. The average molecular weight is 237 g/mol. The van der Waals surface area contributed by atoms with Crippen LogP contribution in [0, 0.1) is 6.92 Å². The van der Waals surface area contributed by atoms with E-state index in [2.05, 4.69) is 10.9 Å². The highest BCUT2D eigenvalue weighted by Crippen LogP contribution is 2.31. The summed E-state index contributed by atoms with van der Waals surface area (Å²) in [6.07, 6.45) is 1.52. The zero-order valence-electron chi connectivity index (χ0n) is 8.67. The molecule has 2 aromatic rings. The summed E-state index contributed by atoms with van der Waals surface area (Å²) in [5.41, 5.74) is 0.828. The predicted molar refractivity (Wildman–Crippen MR) is 64.3 cm³/mol. The largest absolute Gasteiger partial charge is 0.505 e. The number of pyridine rings is 1. The fraction of sp³-hybridized carbons (Fsp3) is 0.0909. The Kier molecular flexibility index (Phi) is 2.36. The van der Waals surface area contributed by atoms with E-state index < -0.39 is 9.80 Å². The summed E-state index contributed by atoms with van der Waals surface area (Å²) in [6.45, 7) is 1.65. The van der Waals surface area contributed by atoms with Gasteiger partial charge in [-0.15, -0.1) is 0 Å². The summed E-state index contributed by atoms with van der Waals surface area (Å²) in [5.74, 6) is 3.27. The number of hydrogen-bond donors (Lipinski definition) is 2. The molecule has 0 radical (unpaired) electrons. The maximum atomic E-state index is 11.6. The molecule has 0 bridgehead atoms. The molecule has 4 nitrogen and oxygen atoms in total. The highest BCUT2D eigenvalue weighted by atomic mass is 32.2. The molecular formula is C11H11NO3S. The Morgan fingerprint density at radius 1 is 1.50 bits per heavy atom. The number of aromatic nitrogens is 1. The van der Waals surface area contributed by atoms with Crippen LogP contribution in [0.4, 0.5) is 0 Å². The molecule has 0 aliphatic rings. The number of aryl methyl sites for hydroxylation is 1. The number of phenols is 1. The molecule has 16 heavy (non-hydrogen) atoms. The number of hydrogen-bond acceptors (Lipinski definition) is 3. The second kappa shape index (κ2) is 3.47. The van der Waals surface area contributed by atoms with Crippen LogP contribution in [0.15, 0.2) is 29.3 Å². The van der Waals surface area contributed by atoms with Crippen LogP contribution in [0.5, 0.6) is 5.75 Å². The van der Waals surface area contributed by atoms with Crippen molar-refractivity contribution in [3.63, 3.8) is 0 Å². The highest BCUT2D eigenvalue weighted by molar-refractivity contribution is 7.95. The van der Waals surface area contributed by atoms with Gasteiger partial charge in [-0.25, -0.2) is 4.21 Å². The number of benzene rings is 1. The summed E-state index contributed by atoms with van der Waals surface area (Å²) in [4.78, 5) is 4.20. The van der Waals surface area contributed by atoms with E-state index in [0.29, 0.717) is 16.5 Å². The Balaban J connectivity index is 3.02. The van der Waals surface area contributed by atoms with E-state index in [9.17, 15) is 13.9 Å². The Bertz CT molecular complexity index is 662. The zero-order valence-corrected chi connectivity index (χ0v) is 9.49. The van der Waals surface area contributed by atoms with Crippen LogP contribution in [0.25, 0.3) is 10.9 Å². The van der Waals surface area contributed by atoms with Gasteiger partial charge in [-0.2, -0.15) is 0 Å². The smallest absolute Gasteiger partial charge is 0.144 e. The fourth-order valence-corrected chi connectivity index (χ4v) is 2.46. The van der Waals surface area contributed by atoms with Crippen molar-refractivity contribution in [2.75, 3.05) is 0 Å². The van der Waals surface area contributed by atoms with Crippen molar-refractivity contribution in [3.8, 4) is 5.75 Å². The number of phenolic OH excluding ortho intramolecular Hbond substituents is 1. The topological polar surface area (TPSA) is 70.4 Å². The quantitative estimate of drug-likeness (QED) is 0.742. The number of nitrogens with zero attached hydrogens (tertiary/aromatic N) is 1. The third kappa shape index (κ3) is 1.64. The molecule has 1 heterocycles. The molecule has 0 saturated heterocycles. The van der Waals surface area contributed by atoms with Gasteiger partial charge in [0.15, 0.2) is 0 Å². The Labute approximate surface area is 93.4 Å². The maximum Gasteiger partial charge on any atom is 0.144 e. The van der Waals surface area contributed by atoms with Gasteiger partial charge in [0.25, 0.3) is 0 Å². The average Bonchev–Trinajstić information content (AvgIpc) is 2.22. The first kappa shape index (κ1) is 10.9. The van der Waals surface area contributed by atoms with Gasteiger partial charge < -0.3 is 9.66 Å². The lowest BCUT2D eigenvalue weighted by atomic mass is 10.1. The van der Waals surface area contributed by atoms with Crippen LogP contribution in [-0.4, -0.2) is 24.7 Å². The highest BCUT2D eigenvalue weighted by Gasteiger charge is 2.14. The molecular weight excluding hydrogens is 226 g/mol. The first-order chi connectivity index (χ1) is 7.41. The fourth-order valence-electron chi connectivity index (χ4n) is 1.59. The molecule has 2 rings (SSSR count). The van der Waals surface area contributed by atoms with Crippen molar-refractivity contribution >= 4 is 26.6 Å². The van der Waals surface area contributed by atoms with Gasteiger partial charge in [0.1, 0.15) is 21.1 Å². The van der Waals surface area contributed by atoms with Gasteiger partial charge in [-0.1, -0.05) is 0 Å². The minimum absolute atomic E-state index is 0.0306. The monoisotopic (exact) mass is 237 g/mol. The molecule has 1 aromatic carbocycles. The first-order valence-corrected chi connectivity index (χ1v) is 6.26. The molecule has 0 aliphatic carbocycles. The summed E-state index contributed by atoms with van der Waals surface area (Å²) in [6, 6.07) is 4.75. The third-order valence-corrected chi connectivity index (χ3v) is 3.39. The minimum atomic E-state index is -3.32. The molecule has 0 amide bonds. The molecule has 1 unspecified atom stereocenters. The predicted octanol–water partition coefficient (Wildman–Crippen LogP) is 1.80. The van der Waals surface area contributed by atoms with E-state index in [1.807, 2.05) is 0 Å². The van der Waals surface area contributed by atoms with Crippen LogP contribution < -0.4 is 0 Å². The van der Waals surface area contributed by atoms with Crippen molar-refractivity contribution in [2.24, 2.45) is 0 Å². The second-order valence-corrected chi connectivity index (χ2v) is 5.30. The lowest BCUT2D eigenvalue weighted by Gasteiger charge is -2.09. The summed E-state index contributed by atoms with van der Waals surface area (Å²) in [5, 5.41) is 10.2. The molecule has 84 valence electrons. The van der Waals surface area contributed by atoms with E-state index in [0.717, 1.165) is 0 Å². The molecule has 5 heteroatoms. The van der Waals surface area contributed by atoms with Gasteiger partial charge in [-0.05, 0) is 36.6 Å². The first-order valence-electron chi connectivity index (χ1n) is 4.58. The molecule has 0 aliphatic heterocycles. The van der Waals surface area contributed by atoms with Crippen molar-refractivity contribution in [1.82, 2.24) is 4.98 Å². The Hall–Kier alpha value is -1.59. The molecule has 2 N–H and O–H groups in total. The van der Waals surface area contributed by atoms with E-state index in [1.165, 1.54) is 12.3 Å². The number of aromatic hydroxyl groups is 1. The van der Waals surface area contributed by atoms with Crippen LogP contribution in [0.3, 0.4) is 0 Å². The van der Waals surface area contributed by atoms with Crippen LogP contribution in [0.2, 0.25) is 0 Å². The van der Waals surface area contributed by atoms with Crippen molar-refractivity contribution < 1.29 is 13.9 Å². The third-order valence-electron chi connectivity index (χ3n) is 2.36. The summed E-state index contributed by atoms with van der Waals surface area (Å²) in [7, 11) is -3.32. The minimum Gasteiger partial charge on any atom is -0.505 e. The van der Waals surface area contributed by atoms with Crippen LogP contribution >= 0.6 is 0 Å². The molecule has 0 spiro atoms. The Morgan fingerprint density at radius 3 is 2.81 bits per heavy atom. The summed E-state index contributed by atoms with van der Waals surface area (Å²) < 4.78 is 21.1. The standard InChI is InChI=1S/C11H11NO3S/c1-7-6-9(16(2,14)15)8-4-3-5-12-10(8)11(7)13/h3-6,13H,2H2,1H3,(H,14,15). The van der Waals surface area contributed by atoms with Gasteiger partial charge in [0.05, 0.1) is 4.90 Å². The van der Waals surface area contributed by atoms with Gasteiger partial charge in [0, 0.05) is 11.6 Å². The zero-order chi connectivity index (χ0) is 11.9. The molecule has 0 saturated carbocycles. The van der Waals surface area contributed by atoms with Crippen molar-refractivity contribution in [3.05, 3.63) is 30.0 Å². The molecule has 1 aromatic heterocycles. The van der Waals surface area contributed by atoms with E-state index in [-0.39, 0.29) is 10.6 Å². The summed E-state index contributed by atoms with van der Waals surface area (Å²) >= 11 is 0. The van der Waals surface area contributed by atoms with E-state index in [4.69, 9.17) is 0 Å². The van der Waals surface area contributed by atoms with Crippen LogP contribution in [-0.2, 0) is 9.80 Å².